The normalized spacial score (nSPS) is 17.8. The summed E-state index contributed by atoms with van der Waals surface area (Å²) in [6.07, 6.45) is 4.17. The van der Waals surface area contributed by atoms with E-state index in [1.807, 2.05) is 14.0 Å². The predicted molar refractivity (Wildman–Crippen MR) is 85.9 cm³/mol. The molecule has 112 valence electrons. The third kappa shape index (κ3) is 3.30. The van der Waals surface area contributed by atoms with E-state index in [0.717, 1.165) is 53.9 Å². The van der Waals surface area contributed by atoms with Crippen LogP contribution in [0.4, 0.5) is 0 Å². The third-order valence-corrected chi connectivity index (χ3v) is 5.06. The maximum absolute atomic E-state index is 4.81. The van der Waals surface area contributed by atoms with Crippen LogP contribution < -0.4 is 5.32 Å². The monoisotopic (exact) mass is 302 g/mol. The maximum atomic E-state index is 4.81. The molecule has 4 nitrogen and oxygen atoms in total. The summed E-state index contributed by atoms with van der Waals surface area (Å²) in [5.41, 5.74) is 4.88. The highest BCUT2D eigenvalue weighted by Gasteiger charge is 2.22. The fourth-order valence-corrected chi connectivity index (χ4v) is 3.85. The van der Waals surface area contributed by atoms with Gasteiger partial charge in [0.2, 0.25) is 0 Å². The van der Waals surface area contributed by atoms with Gasteiger partial charge in [0.25, 0.3) is 0 Å². The number of fused-ring (bicyclic) bond motifs is 1. The van der Waals surface area contributed by atoms with Gasteiger partial charge in [-0.1, -0.05) is 0 Å². The van der Waals surface area contributed by atoms with Gasteiger partial charge >= 0.3 is 0 Å². The van der Waals surface area contributed by atoms with Crippen molar-refractivity contribution in [1.82, 2.24) is 20.3 Å². The van der Waals surface area contributed by atoms with Crippen LogP contribution in [0, 0.1) is 19.8 Å². The molecule has 0 aliphatic heterocycles. The lowest BCUT2D eigenvalue weighted by Crippen LogP contribution is -2.26. The van der Waals surface area contributed by atoms with Crippen molar-refractivity contribution in [3.63, 3.8) is 0 Å². The Labute approximate surface area is 130 Å². The SMILES string of the molecule is CNCC1CCc2nc(Cc3nc(C)cs3)nc(C)c2C1. The van der Waals surface area contributed by atoms with E-state index in [-0.39, 0.29) is 0 Å². The molecule has 1 atom stereocenters. The molecule has 0 saturated carbocycles. The van der Waals surface area contributed by atoms with Crippen LogP contribution >= 0.6 is 11.3 Å². The van der Waals surface area contributed by atoms with Crippen molar-refractivity contribution in [3.8, 4) is 0 Å². The lowest BCUT2D eigenvalue weighted by Gasteiger charge is -2.25. The summed E-state index contributed by atoms with van der Waals surface area (Å²) in [7, 11) is 2.03. The second-order valence-corrected chi connectivity index (χ2v) is 6.82. The Morgan fingerprint density at radius 3 is 2.86 bits per heavy atom. The van der Waals surface area contributed by atoms with Crippen LogP contribution in [-0.4, -0.2) is 28.5 Å². The molecule has 1 unspecified atom stereocenters. The van der Waals surface area contributed by atoms with Crippen molar-refractivity contribution in [2.75, 3.05) is 13.6 Å². The largest absolute Gasteiger partial charge is 0.319 e. The molecule has 2 aromatic heterocycles. The van der Waals surface area contributed by atoms with Gasteiger partial charge in [0.1, 0.15) is 10.8 Å². The fourth-order valence-electron chi connectivity index (χ4n) is 3.08. The number of aryl methyl sites for hydroxylation is 3. The standard InChI is InChI=1S/C16H22N4S/c1-10-9-21-16(18-10)7-15-19-11(2)13-6-12(8-17-3)4-5-14(13)20-15/h9,12,17H,4-8H2,1-3H3. The molecule has 0 radical (unpaired) electrons. The summed E-state index contributed by atoms with van der Waals surface area (Å²) in [6, 6.07) is 0. The summed E-state index contributed by atoms with van der Waals surface area (Å²) in [6.45, 7) is 5.23. The van der Waals surface area contributed by atoms with E-state index in [4.69, 9.17) is 9.97 Å². The van der Waals surface area contributed by atoms with E-state index in [1.165, 1.54) is 17.7 Å². The Morgan fingerprint density at radius 1 is 1.29 bits per heavy atom. The quantitative estimate of drug-likeness (QED) is 0.942. The molecule has 0 aromatic carbocycles. The summed E-state index contributed by atoms with van der Waals surface area (Å²) in [5, 5.41) is 6.48. The molecular formula is C16H22N4S. The van der Waals surface area contributed by atoms with E-state index in [2.05, 4.69) is 22.6 Å². The molecular weight excluding hydrogens is 280 g/mol. The summed E-state index contributed by atoms with van der Waals surface area (Å²) in [4.78, 5) is 14.0. The van der Waals surface area contributed by atoms with E-state index in [0.29, 0.717) is 0 Å². The van der Waals surface area contributed by atoms with Gasteiger partial charge in [-0.3, -0.25) is 0 Å². The predicted octanol–water partition coefficient (Wildman–Crippen LogP) is 2.47. The van der Waals surface area contributed by atoms with Gasteiger partial charge in [0, 0.05) is 22.5 Å². The van der Waals surface area contributed by atoms with Gasteiger partial charge in [0.15, 0.2) is 0 Å². The number of hydrogen-bond acceptors (Lipinski definition) is 5. The first-order valence-electron chi connectivity index (χ1n) is 7.56. The van der Waals surface area contributed by atoms with Crippen LogP contribution in [0.25, 0.3) is 0 Å². The number of hydrogen-bond donors (Lipinski definition) is 1. The van der Waals surface area contributed by atoms with Crippen LogP contribution in [0.15, 0.2) is 5.38 Å². The number of rotatable bonds is 4. The Kier molecular flexibility index (Phi) is 4.31. The van der Waals surface area contributed by atoms with Crippen LogP contribution in [0.5, 0.6) is 0 Å². The first-order chi connectivity index (χ1) is 10.2. The lowest BCUT2D eigenvalue weighted by atomic mass is 9.86. The zero-order chi connectivity index (χ0) is 14.8. The van der Waals surface area contributed by atoms with Crippen molar-refractivity contribution in [2.45, 2.75) is 39.5 Å². The van der Waals surface area contributed by atoms with Gasteiger partial charge in [0.05, 0.1) is 6.42 Å². The van der Waals surface area contributed by atoms with Crippen molar-refractivity contribution >= 4 is 11.3 Å². The minimum absolute atomic E-state index is 0.720. The average Bonchev–Trinajstić information content (AvgIpc) is 2.85. The van der Waals surface area contributed by atoms with Crippen molar-refractivity contribution in [1.29, 1.82) is 0 Å². The minimum atomic E-state index is 0.720. The lowest BCUT2D eigenvalue weighted by molar-refractivity contribution is 0.431. The second kappa shape index (κ2) is 6.20. The van der Waals surface area contributed by atoms with Crippen LogP contribution in [0.2, 0.25) is 0 Å². The van der Waals surface area contributed by atoms with E-state index in [9.17, 15) is 0 Å². The Balaban J connectivity index is 1.81. The summed E-state index contributed by atoms with van der Waals surface area (Å²) < 4.78 is 0. The second-order valence-electron chi connectivity index (χ2n) is 5.88. The molecule has 0 bridgehead atoms. The molecule has 5 heteroatoms. The van der Waals surface area contributed by atoms with Crippen molar-refractivity contribution in [3.05, 3.63) is 38.9 Å². The average molecular weight is 302 g/mol. The highest BCUT2D eigenvalue weighted by Crippen LogP contribution is 2.26. The number of thiazole rings is 1. The fraction of sp³-hybridized carbons (Fsp3) is 0.562. The zero-order valence-corrected chi connectivity index (χ0v) is 13.8. The molecule has 21 heavy (non-hydrogen) atoms. The van der Waals surface area contributed by atoms with Gasteiger partial charge in [-0.15, -0.1) is 11.3 Å². The Bertz CT molecular complexity index is 635. The maximum Gasteiger partial charge on any atom is 0.135 e. The molecule has 0 spiro atoms. The van der Waals surface area contributed by atoms with E-state index >= 15 is 0 Å². The third-order valence-electron chi connectivity index (χ3n) is 4.10. The Hall–Kier alpha value is -1.33. The van der Waals surface area contributed by atoms with E-state index < -0.39 is 0 Å². The molecule has 3 rings (SSSR count). The molecule has 2 aromatic rings. The van der Waals surface area contributed by atoms with Gasteiger partial charge in [-0.25, -0.2) is 15.0 Å². The highest BCUT2D eigenvalue weighted by atomic mass is 32.1. The van der Waals surface area contributed by atoms with Crippen LogP contribution in [0.3, 0.4) is 0 Å². The van der Waals surface area contributed by atoms with Crippen LogP contribution in [0.1, 0.15) is 39.9 Å². The first kappa shape index (κ1) is 14.6. The van der Waals surface area contributed by atoms with E-state index in [1.54, 1.807) is 11.3 Å². The molecule has 0 saturated heterocycles. The van der Waals surface area contributed by atoms with Gasteiger partial charge in [-0.05, 0) is 58.2 Å². The van der Waals surface area contributed by atoms with Crippen molar-refractivity contribution in [2.24, 2.45) is 5.92 Å². The van der Waals surface area contributed by atoms with Crippen molar-refractivity contribution < 1.29 is 0 Å². The molecule has 0 fully saturated rings. The number of nitrogens with one attached hydrogen (secondary N) is 1. The molecule has 0 amide bonds. The highest BCUT2D eigenvalue weighted by molar-refractivity contribution is 7.09. The minimum Gasteiger partial charge on any atom is -0.319 e. The molecule has 1 aliphatic rings. The molecule has 2 heterocycles. The molecule has 1 N–H and O–H groups in total. The zero-order valence-electron chi connectivity index (χ0n) is 12.9. The number of aromatic nitrogens is 3. The first-order valence-corrected chi connectivity index (χ1v) is 8.44. The number of nitrogens with zero attached hydrogens (tertiary/aromatic N) is 3. The van der Waals surface area contributed by atoms with Gasteiger partial charge < -0.3 is 5.32 Å². The Morgan fingerprint density at radius 2 is 2.14 bits per heavy atom. The van der Waals surface area contributed by atoms with Crippen LogP contribution in [-0.2, 0) is 19.3 Å². The molecule has 1 aliphatic carbocycles. The summed E-state index contributed by atoms with van der Waals surface area (Å²) in [5.74, 6) is 1.64. The topological polar surface area (TPSA) is 50.7 Å². The van der Waals surface area contributed by atoms with Gasteiger partial charge in [-0.2, -0.15) is 0 Å². The summed E-state index contributed by atoms with van der Waals surface area (Å²) >= 11 is 1.70. The smallest absolute Gasteiger partial charge is 0.135 e.